The van der Waals surface area contributed by atoms with E-state index in [0.717, 1.165) is 0 Å². The molecule has 3 nitrogen and oxygen atoms in total. The van der Waals surface area contributed by atoms with Crippen LogP contribution in [0.3, 0.4) is 0 Å². The van der Waals surface area contributed by atoms with E-state index in [0.29, 0.717) is 11.3 Å². The normalized spacial score (nSPS) is 10.3. The van der Waals surface area contributed by atoms with Gasteiger partial charge in [-0.1, -0.05) is 19.9 Å². The number of hydrogen-bond acceptors (Lipinski definition) is 2. The SMILES string of the molecule is Cc1c(O)cccc1NC(=O)C(C)C. The lowest BCUT2D eigenvalue weighted by Gasteiger charge is -2.10. The summed E-state index contributed by atoms with van der Waals surface area (Å²) in [7, 11) is 0. The maximum Gasteiger partial charge on any atom is 0.226 e. The number of amides is 1. The second-order valence-electron chi connectivity index (χ2n) is 3.59. The van der Waals surface area contributed by atoms with Gasteiger partial charge in [0, 0.05) is 17.2 Å². The highest BCUT2D eigenvalue weighted by Crippen LogP contribution is 2.24. The van der Waals surface area contributed by atoms with E-state index in [2.05, 4.69) is 5.32 Å². The highest BCUT2D eigenvalue weighted by molar-refractivity contribution is 5.93. The van der Waals surface area contributed by atoms with Gasteiger partial charge in [0.2, 0.25) is 5.91 Å². The third-order valence-electron chi connectivity index (χ3n) is 2.09. The molecule has 2 N–H and O–H groups in total. The second-order valence-corrected chi connectivity index (χ2v) is 3.59. The van der Waals surface area contributed by atoms with Gasteiger partial charge in [0.05, 0.1) is 0 Å². The van der Waals surface area contributed by atoms with Gasteiger partial charge in [-0.15, -0.1) is 0 Å². The maximum atomic E-state index is 11.4. The highest BCUT2D eigenvalue weighted by Gasteiger charge is 2.09. The largest absolute Gasteiger partial charge is 0.508 e. The van der Waals surface area contributed by atoms with Crippen LogP contribution in [-0.4, -0.2) is 11.0 Å². The van der Waals surface area contributed by atoms with Crippen molar-refractivity contribution in [3.8, 4) is 5.75 Å². The molecule has 0 atom stereocenters. The van der Waals surface area contributed by atoms with E-state index in [9.17, 15) is 9.90 Å². The first-order chi connectivity index (χ1) is 6.52. The number of carbonyl (C=O) groups is 1. The lowest BCUT2D eigenvalue weighted by atomic mass is 10.1. The van der Waals surface area contributed by atoms with Crippen LogP contribution in [0.2, 0.25) is 0 Å². The van der Waals surface area contributed by atoms with Crippen LogP contribution < -0.4 is 5.32 Å². The lowest BCUT2D eigenvalue weighted by molar-refractivity contribution is -0.118. The molecule has 1 aromatic rings. The fourth-order valence-electron chi connectivity index (χ4n) is 1.04. The molecule has 0 aromatic heterocycles. The van der Waals surface area contributed by atoms with Crippen molar-refractivity contribution >= 4 is 11.6 Å². The molecule has 0 radical (unpaired) electrons. The first-order valence-corrected chi connectivity index (χ1v) is 4.62. The van der Waals surface area contributed by atoms with Crippen LogP contribution >= 0.6 is 0 Å². The minimum Gasteiger partial charge on any atom is -0.508 e. The summed E-state index contributed by atoms with van der Waals surface area (Å²) >= 11 is 0. The van der Waals surface area contributed by atoms with Crippen LogP contribution in [0.25, 0.3) is 0 Å². The van der Waals surface area contributed by atoms with E-state index in [1.165, 1.54) is 0 Å². The fourth-order valence-corrected chi connectivity index (χ4v) is 1.04. The van der Waals surface area contributed by atoms with Crippen molar-refractivity contribution in [2.75, 3.05) is 5.32 Å². The summed E-state index contributed by atoms with van der Waals surface area (Å²) < 4.78 is 0. The number of phenolic OH excluding ortho intramolecular Hbond substituents is 1. The molecule has 76 valence electrons. The van der Waals surface area contributed by atoms with Gasteiger partial charge in [-0.05, 0) is 19.1 Å². The zero-order valence-electron chi connectivity index (χ0n) is 8.66. The van der Waals surface area contributed by atoms with Crippen molar-refractivity contribution in [2.24, 2.45) is 5.92 Å². The van der Waals surface area contributed by atoms with Crippen LogP contribution in [0.15, 0.2) is 18.2 Å². The van der Waals surface area contributed by atoms with Gasteiger partial charge < -0.3 is 10.4 Å². The molecule has 0 heterocycles. The van der Waals surface area contributed by atoms with E-state index >= 15 is 0 Å². The smallest absolute Gasteiger partial charge is 0.226 e. The van der Waals surface area contributed by atoms with Crippen molar-refractivity contribution < 1.29 is 9.90 Å². The molecule has 0 fully saturated rings. The Balaban J connectivity index is 2.87. The third-order valence-corrected chi connectivity index (χ3v) is 2.09. The van der Waals surface area contributed by atoms with Crippen molar-refractivity contribution in [1.29, 1.82) is 0 Å². The summed E-state index contributed by atoms with van der Waals surface area (Å²) in [6, 6.07) is 5.08. The average molecular weight is 193 g/mol. The predicted molar refractivity (Wildman–Crippen MR) is 56.3 cm³/mol. The van der Waals surface area contributed by atoms with E-state index in [4.69, 9.17) is 0 Å². The number of benzene rings is 1. The number of rotatable bonds is 2. The zero-order valence-corrected chi connectivity index (χ0v) is 8.66. The molecule has 0 spiro atoms. The van der Waals surface area contributed by atoms with Crippen LogP contribution in [-0.2, 0) is 4.79 Å². The van der Waals surface area contributed by atoms with Crippen LogP contribution in [0.1, 0.15) is 19.4 Å². The van der Waals surface area contributed by atoms with E-state index in [1.54, 1.807) is 25.1 Å². The Labute approximate surface area is 83.8 Å². The Morgan fingerprint density at radius 3 is 2.64 bits per heavy atom. The van der Waals surface area contributed by atoms with Crippen LogP contribution in [0, 0.1) is 12.8 Å². The molecular weight excluding hydrogens is 178 g/mol. The Kier molecular flexibility index (Phi) is 3.12. The predicted octanol–water partition coefficient (Wildman–Crippen LogP) is 2.30. The quantitative estimate of drug-likeness (QED) is 0.757. The summed E-state index contributed by atoms with van der Waals surface area (Å²) in [5.74, 6) is 0.0991. The molecule has 0 bridgehead atoms. The van der Waals surface area contributed by atoms with Gasteiger partial charge in [0.15, 0.2) is 0 Å². The third kappa shape index (κ3) is 2.25. The molecule has 1 rings (SSSR count). The first-order valence-electron chi connectivity index (χ1n) is 4.62. The molecule has 0 aliphatic rings. The highest BCUT2D eigenvalue weighted by atomic mass is 16.3. The number of carbonyl (C=O) groups excluding carboxylic acids is 1. The molecule has 0 unspecified atom stereocenters. The maximum absolute atomic E-state index is 11.4. The monoisotopic (exact) mass is 193 g/mol. The van der Waals surface area contributed by atoms with Crippen LogP contribution in [0.5, 0.6) is 5.75 Å². The molecule has 0 saturated heterocycles. The Morgan fingerprint density at radius 1 is 1.43 bits per heavy atom. The minimum atomic E-state index is -0.0586. The summed E-state index contributed by atoms with van der Waals surface area (Å²) in [6.45, 7) is 5.42. The van der Waals surface area contributed by atoms with Gasteiger partial charge in [0.25, 0.3) is 0 Å². The molecular formula is C11H15NO2. The fraction of sp³-hybridized carbons (Fsp3) is 0.364. The van der Waals surface area contributed by atoms with Crippen molar-refractivity contribution in [3.63, 3.8) is 0 Å². The van der Waals surface area contributed by atoms with E-state index in [-0.39, 0.29) is 17.6 Å². The van der Waals surface area contributed by atoms with Gasteiger partial charge in [-0.2, -0.15) is 0 Å². The van der Waals surface area contributed by atoms with E-state index < -0.39 is 0 Å². The molecule has 0 aliphatic carbocycles. The zero-order chi connectivity index (χ0) is 10.7. The van der Waals surface area contributed by atoms with Gasteiger partial charge in [-0.25, -0.2) is 0 Å². The Morgan fingerprint density at radius 2 is 2.07 bits per heavy atom. The summed E-state index contributed by atoms with van der Waals surface area (Å²) in [5.41, 5.74) is 1.37. The number of phenols is 1. The number of anilines is 1. The summed E-state index contributed by atoms with van der Waals surface area (Å²) in [5, 5.41) is 12.2. The topological polar surface area (TPSA) is 49.3 Å². The Hall–Kier alpha value is -1.51. The number of nitrogens with one attached hydrogen (secondary N) is 1. The summed E-state index contributed by atoms with van der Waals surface area (Å²) in [6.07, 6.45) is 0. The Bertz CT molecular complexity index is 345. The van der Waals surface area contributed by atoms with Gasteiger partial charge in [-0.3, -0.25) is 4.79 Å². The molecule has 14 heavy (non-hydrogen) atoms. The average Bonchev–Trinajstić information content (AvgIpc) is 2.12. The van der Waals surface area contributed by atoms with Crippen molar-refractivity contribution in [2.45, 2.75) is 20.8 Å². The van der Waals surface area contributed by atoms with Crippen LogP contribution in [0.4, 0.5) is 5.69 Å². The van der Waals surface area contributed by atoms with Gasteiger partial charge in [0.1, 0.15) is 5.75 Å². The minimum absolute atomic E-state index is 0.0429. The molecule has 0 aliphatic heterocycles. The first kappa shape index (κ1) is 10.6. The lowest BCUT2D eigenvalue weighted by Crippen LogP contribution is -2.18. The molecule has 0 saturated carbocycles. The molecule has 3 heteroatoms. The standard InChI is InChI=1S/C11H15NO2/c1-7(2)11(14)12-9-5-4-6-10(13)8(9)3/h4-7,13H,1-3H3,(H,12,14). The van der Waals surface area contributed by atoms with Crippen molar-refractivity contribution in [1.82, 2.24) is 0 Å². The second kappa shape index (κ2) is 4.13. The van der Waals surface area contributed by atoms with Gasteiger partial charge >= 0.3 is 0 Å². The number of hydrogen-bond donors (Lipinski definition) is 2. The molecule has 1 amide bonds. The summed E-state index contributed by atoms with van der Waals surface area (Å²) in [4.78, 5) is 11.4. The van der Waals surface area contributed by atoms with Crippen molar-refractivity contribution in [3.05, 3.63) is 23.8 Å². The molecule has 1 aromatic carbocycles. The number of aromatic hydroxyl groups is 1. The van der Waals surface area contributed by atoms with E-state index in [1.807, 2.05) is 13.8 Å².